The van der Waals surface area contributed by atoms with Crippen molar-refractivity contribution in [2.45, 2.75) is 26.8 Å². The second-order valence-corrected chi connectivity index (χ2v) is 7.59. The lowest BCUT2D eigenvalue weighted by Gasteiger charge is -2.20. The molecule has 0 saturated carbocycles. The largest absolute Gasteiger partial charge is 0.309 e. The molecular weight excluding hydrogens is 345 g/mol. The van der Waals surface area contributed by atoms with Gasteiger partial charge in [-0.05, 0) is 36.7 Å². The van der Waals surface area contributed by atoms with Crippen LogP contribution in [0.4, 0.5) is 0 Å². The molecule has 0 saturated heterocycles. The van der Waals surface area contributed by atoms with Crippen molar-refractivity contribution in [1.29, 1.82) is 0 Å². The SMILES string of the molecule is CCNC(c1ccc(-c2c(Cl)cc(Cl)cc2Cl)s1)C(C)C. The Morgan fingerprint density at radius 2 is 1.71 bits per heavy atom. The van der Waals surface area contributed by atoms with E-state index in [4.69, 9.17) is 34.8 Å². The van der Waals surface area contributed by atoms with Gasteiger partial charge in [0.2, 0.25) is 0 Å². The molecule has 1 heterocycles. The Balaban J connectivity index is 2.40. The summed E-state index contributed by atoms with van der Waals surface area (Å²) >= 11 is 20.3. The van der Waals surface area contributed by atoms with E-state index in [0.717, 1.165) is 17.0 Å². The molecule has 1 nitrogen and oxygen atoms in total. The molecule has 1 N–H and O–H groups in total. The van der Waals surface area contributed by atoms with Gasteiger partial charge < -0.3 is 5.32 Å². The average molecular weight is 363 g/mol. The van der Waals surface area contributed by atoms with Crippen LogP contribution in [0.1, 0.15) is 31.7 Å². The van der Waals surface area contributed by atoms with Crippen molar-refractivity contribution in [3.63, 3.8) is 0 Å². The van der Waals surface area contributed by atoms with Gasteiger partial charge in [0.05, 0.1) is 10.0 Å². The maximum atomic E-state index is 6.30. The molecule has 1 atom stereocenters. The molecule has 114 valence electrons. The van der Waals surface area contributed by atoms with Crippen LogP contribution in [-0.2, 0) is 0 Å². The van der Waals surface area contributed by atoms with Crippen LogP contribution in [-0.4, -0.2) is 6.54 Å². The summed E-state index contributed by atoms with van der Waals surface area (Å²) < 4.78 is 0. The third-order valence-corrected chi connectivity index (χ3v) is 5.28. The summed E-state index contributed by atoms with van der Waals surface area (Å²) in [6.07, 6.45) is 0. The van der Waals surface area contributed by atoms with Gasteiger partial charge in [0.25, 0.3) is 0 Å². The number of nitrogens with one attached hydrogen (secondary N) is 1. The summed E-state index contributed by atoms with van der Waals surface area (Å²) in [7, 11) is 0. The second kappa shape index (κ2) is 7.34. The zero-order valence-corrected chi connectivity index (χ0v) is 15.3. The number of hydrogen-bond donors (Lipinski definition) is 1. The first-order valence-electron chi connectivity index (χ1n) is 6.92. The van der Waals surface area contributed by atoms with Crippen molar-refractivity contribution in [1.82, 2.24) is 5.32 Å². The van der Waals surface area contributed by atoms with Crippen molar-refractivity contribution in [3.05, 3.63) is 44.2 Å². The van der Waals surface area contributed by atoms with Gasteiger partial charge in [0.1, 0.15) is 0 Å². The van der Waals surface area contributed by atoms with Gasteiger partial charge in [-0.3, -0.25) is 0 Å². The Hall–Kier alpha value is -0.250. The minimum atomic E-state index is 0.346. The van der Waals surface area contributed by atoms with Gasteiger partial charge in [-0.15, -0.1) is 11.3 Å². The van der Waals surface area contributed by atoms with Gasteiger partial charge in [-0.25, -0.2) is 0 Å². The summed E-state index contributed by atoms with van der Waals surface area (Å²) in [6, 6.07) is 8.03. The van der Waals surface area contributed by atoms with E-state index in [-0.39, 0.29) is 0 Å². The molecule has 1 aromatic heterocycles. The van der Waals surface area contributed by atoms with Gasteiger partial charge in [-0.2, -0.15) is 0 Å². The minimum absolute atomic E-state index is 0.346. The predicted octanol–water partition coefficient (Wildman–Crippen LogP) is 6.68. The van der Waals surface area contributed by atoms with E-state index in [2.05, 4.69) is 38.2 Å². The molecule has 0 radical (unpaired) electrons. The van der Waals surface area contributed by atoms with E-state index in [1.165, 1.54) is 4.88 Å². The first-order chi connectivity index (χ1) is 9.93. The smallest absolute Gasteiger partial charge is 0.0522 e. The lowest BCUT2D eigenvalue weighted by molar-refractivity contribution is 0.428. The first-order valence-corrected chi connectivity index (χ1v) is 8.87. The fourth-order valence-electron chi connectivity index (χ4n) is 2.32. The van der Waals surface area contributed by atoms with Gasteiger partial charge >= 0.3 is 0 Å². The van der Waals surface area contributed by atoms with Gasteiger partial charge in [0, 0.05) is 26.4 Å². The quantitative estimate of drug-likeness (QED) is 0.625. The van der Waals surface area contributed by atoms with Crippen molar-refractivity contribution in [2.24, 2.45) is 5.92 Å². The molecule has 0 aliphatic rings. The Morgan fingerprint density at radius 1 is 1.10 bits per heavy atom. The average Bonchev–Trinajstić information content (AvgIpc) is 2.83. The van der Waals surface area contributed by atoms with Crippen molar-refractivity contribution in [3.8, 4) is 10.4 Å². The number of hydrogen-bond acceptors (Lipinski definition) is 2. The predicted molar refractivity (Wildman–Crippen MR) is 96.0 cm³/mol. The molecule has 1 aromatic carbocycles. The van der Waals surface area contributed by atoms with E-state index in [0.29, 0.717) is 27.0 Å². The van der Waals surface area contributed by atoms with E-state index >= 15 is 0 Å². The van der Waals surface area contributed by atoms with Crippen molar-refractivity contribution < 1.29 is 0 Å². The number of thiophene rings is 1. The fraction of sp³-hybridized carbons (Fsp3) is 0.375. The molecule has 21 heavy (non-hydrogen) atoms. The Labute approximate surface area is 145 Å². The van der Waals surface area contributed by atoms with Crippen molar-refractivity contribution in [2.75, 3.05) is 6.54 Å². The Kier molecular flexibility index (Phi) is 5.98. The van der Waals surface area contributed by atoms with Crippen LogP contribution in [0.2, 0.25) is 15.1 Å². The highest BCUT2D eigenvalue weighted by Crippen LogP contribution is 2.42. The zero-order chi connectivity index (χ0) is 15.6. The number of halogens is 3. The molecule has 0 amide bonds. The molecule has 0 bridgehead atoms. The lowest BCUT2D eigenvalue weighted by atomic mass is 10.0. The molecule has 0 spiro atoms. The lowest BCUT2D eigenvalue weighted by Crippen LogP contribution is -2.24. The molecule has 2 rings (SSSR count). The standard InChI is InChI=1S/C16H18Cl3NS/c1-4-20-16(9(2)3)14-6-5-13(21-14)15-11(18)7-10(17)8-12(15)19/h5-9,16,20H,4H2,1-3H3. The van der Waals surface area contributed by atoms with Crippen LogP contribution in [0.3, 0.4) is 0 Å². The van der Waals surface area contributed by atoms with E-state index in [9.17, 15) is 0 Å². The number of rotatable bonds is 5. The molecule has 0 aliphatic heterocycles. The Bertz CT molecular complexity index is 599. The van der Waals surface area contributed by atoms with Gasteiger partial charge in [-0.1, -0.05) is 55.6 Å². The third-order valence-electron chi connectivity index (χ3n) is 3.28. The van der Waals surface area contributed by atoms with E-state index < -0.39 is 0 Å². The number of benzene rings is 1. The first kappa shape index (κ1) is 17.1. The van der Waals surface area contributed by atoms with Crippen LogP contribution in [0.25, 0.3) is 10.4 Å². The highest BCUT2D eigenvalue weighted by molar-refractivity contribution is 7.15. The monoisotopic (exact) mass is 361 g/mol. The van der Waals surface area contributed by atoms with E-state index in [1.807, 2.05) is 0 Å². The molecule has 0 aliphatic carbocycles. The minimum Gasteiger partial charge on any atom is -0.309 e. The highest BCUT2D eigenvalue weighted by atomic mass is 35.5. The molecule has 2 aromatic rings. The summed E-state index contributed by atoms with van der Waals surface area (Å²) in [5, 5.41) is 5.26. The van der Waals surface area contributed by atoms with Gasteiger partial charge in [0.15, 0.2) is 0 Å². The normalized spacial score (nSPS) is 12.9. The molecule has 5 heteroatoms. The zero-order valence-electron chi connectivity index (χ0n) is 12.2. The maximum Gasteiger partial charge on any atom is 0.0522 e. The maximum absolute atomic E-state index is 6.30. The highest BCUT2D eigenvalue weighted by Gasteiger charge is 2.19. The van der Waals surface area contributed by atoms with Crippen LogP contribution in [0.5, 0.6) is 0 Å². The molecular formula is C16H18Cl3NS. The topological polar surface area (TPSA) is 12.0 Å². The third kappa shape index (κ3) is 3.94. The van der Waals surface area contributed by atoms with Crippen LogP contribution >= 0.6 is 46.1 Å². The molecule has 0 fully saturated rings. The Morgan fingerprint density at radius 3 is 2.24 bits per heavy atom. The summed E-state index contributed by atoms with van der Waals surface area (Å²) in [4.78, 5) is 2.36. The van der Waals surface area contributed by atoms with Crippen LogP contribution in [0.15, 0.2) is 24.3 Å². The van der Waals surface area contributed by atoms with Crippen LogP contribution < -0.4 is 5.32 Å². The van der Waals surface area contributed by atoms with Crippen molar-refractivity contribution >= 4 is 46.1 Å². The summed E-state index contributed by atoms with van der Waals surface area (Å²) in [5.74, 6) is 0.521. The van der Waals surface area contributed by atoms with Crippen LogP contribution in [0, 0.1) is 5.92 Å². The summed E-state index contributed by atoms with van der Waals surface area (Å²) in [5.41, 5.74) is 0.859. The fourth-order valence-corrected chi connectivity index (χ4v) is 4.78. The molecule has 1 unspecified atom stereocenters. The van der Waals surface area contributed by atoms with E-state index in [1.54, 1.807) is 23.5 Å². The summed E-state index contributed by atoms with van der Waals surface area (Å²) in [6.45, 7) is 7.50. The second-order valence-electron chi connectivity index (χ2n) is 5.23.